The van der Waals surface area contributed by atoms with Crippen LogP contribution in [0.25, 0.3) is 0 Å². The van der Waals surface area contributed by atoms with E-state index in [0.717, 1.165) is 12.1 Å². The fourth-order valence-corrected chi connectivity index (χ4v) is 1.75. The predicted molar refractivity (Wildman–Crippen MR) is 75.6 cm³/mol. The zero-order valence-electron chi connectivity index (χ0n) is 13.1. The lowest BCUT2D eigenvalue weighted by atomic mass is 9.98. The molecule has 0 aliphatic heterocycles. The number of benzene rings is 1. The van der Waals surface area contributed by atoms with Gasteiger partial charge in [-0.2, -0.15) is 13.2 Å². The zero-order chi connectivity index (χ0) is 16.3. The summed E-state index contributed by atoms with van der Waals surface area (Å²) >= 11 is 0. The normalized spacial score (nSPS) is 14.5. The van der Waals surface area contributed by atoms with E-state index in [0.29, 0.717) is 17.9 Å². The Labute approximate surface area is 124 Å². The van der Waals surface area contributed by atoms with Gasteiger partial charge in [-0.15, -0.1) is 0 Å². The summed E-state index contributed by atoms with van der Waals surface area (Å²) in [7, 11) is 0. The first-order valence-corrected chi connectivity index (χ1v) is 7.00. The van der Waals surface area contributed by atoms with Gasteiger partial charge >= 0.3 is 6.18 Å². The molecule has 0 fully saturated rings. The average molecular weight is 304 g/mol. The quantitative estimate of drug-likeness (QED) is 0.525. The van der Waals surface area contributed by atoms with Crippen LogP contribution in [0.3, 0.4) is 0 Å². The van der Waals surface area contributed by atoms with Crippen molar-refractivity contribution in [3.63, 3.8) is 0 Å². The molecule has 1 rings (SSSR count). The van der Waals surface area contributed by atoms with E-state index in [1.165, 1.54) is 12.1 Å². The topological polar surface area (TPSA) is 18.5 Å². The Bertz CT molecular complexity index is 430. The maximum absolute atomic E-state index is 12.6. The highest BCUT2D eigenvalue weighted by atomic mass is 19.4. The molecule has 0 radical (unpaired) electrons. The Morgan fingerprint density at radius 1 is 1.00 bits per heavy atom. The van der Waals surface area contributed by atoms with Gasteiger partial charge in [0.25, 0.3) is 0 Å². The first-order valence-electron chi connectivity index (χ1n) is 7.00. The summed E-state index contributed by atoms with van der Waals surface area (Å²) in [5.41, 5.74) is -0.451. The Kier molecular flexibility index (Phi) is 5.82. The van der Waals surface area contributed by atoms with E-state index in [9.17, 15) is 13.2 Å². The molecule has 0 aliphatic rings. The number of alkyl halides is 3. The van der Waals surface area contributed by atoms with Gasteiger partial charge in [0.2, 0.25) is 0 Å². The van der Waals surface area contributed by atoms with Crippen molar-refractivity contribution in [1.29, 1.82) is 0 Å². The second kappa shape index (κ2) is 6.79. The SMILES string of the molecule is CC(C)CC(OOC(C)(C)C)c1ccc(C(F)(F)F)cc1. The molecule has 0 heterocycles. The molecule has 1 aromatic rings. The molecule has 0 spiro atoms. The zero-order valence-corrected chi connectivity index (χ0v) is 13.1. The monoisotopic (exact) mass is 304 g/mol. The molecule has 120 valence electrons. The molecule has 0 saturated heterocycles. The van der Waals surface area contributed by atoms with Gasteiger partial charge < -0.3 is 0 Å². The smallest absolute Gasteiger partial charge is 0.230 e. The molecule has 21 heavy (non-hydrogen) atoms. The molecule has 0 aliphatic carbocycles. The molecule has 0 bridgehead atoms. The van der Waals surface area contributed by atoms with E-state index in [-0.39, 0.29) is 6.10 Å². The van der Waals surface area contributed by atoms with Crippen LogP contribution in [0, 0.1) is 5.92 Å². The maximum atomic E-state index is 12.6. The third kappa shape index (κ3) is 6.48. The molecule has 0 saturated carbocycles. The molecule has 1 aromatic carbocycles. The van der Waals surface area contributed by atoms with Crippen LogP contribution in [0.2, 0.25) is 0 Å². The molecule has 0 aromatic heterocycles. The molecular weight excluding hydrogens is 281 g/mol. The van der Waals surface area contributed by atoms with Crippen LogP contribution in [0.5, 0.6) is 0 Å². The standard InChI is InChI=1S/C16H23F3O2/c1-11(2)10-14(20-21-15(3,4)5)12-6-8-13(9-7-12)16(17,18)19/h6-9,11,14H,10H2,1-5H3. The van der Waals surface area contributed by atoms with Gasteiger partial charge in [-0.1, -0.05) is 26.0 Å². The van der Waals surface area contributed by atoms with Gasteiger partial charge in [0.15, 0.2) is 0 Å². The van der Waals surface area contributed by atoms with Gasteiger partial charge in [-0.3, -0.25) is 0 Å². The first kappa shape index (κ1) is 18.0. The van der Waals surface area contributed by atoms with Crippen molar-refractivity contribution in [3.05, 3.63) is 35.4 Å². The summed E-state index contributed by atoms with van der Waals surface area (Å²) in [6.45, 7) is 9.61. The molecular formula is C16H23F3O2. The highest BCUT2D eigenvalue weighted by molar-refractivity contribution is 5.26. The predicted octanol–water partition coefficient (Wildman–Crippen LogP) is 5.54. The second-order valence-electron chi connectivity index (χ2n) is 6.53. The Morgan fingerprint density at radius 2 is 1.52 bits per heavy atom. The number of rotatable bonds is 5. The van der Waals surface area contributed by atoms with Gasteiger partial charge in [0, 0.05) is 0 Å². The second-order valence-corrected chi connectivity index (χ2v) is 6.53. The molecule has 1 atom stereocenters. The van der Waals surface area contributed by atoms with E-state index in [1.54, 1.807) is 0 Å². The average Bonchev–Trinajstić information content (AvgIpc) is 2.32. The Balaban J connectivity index is 2.87. The minimum Gasteiger partial charge on any atom is -0.230 e. The van der Waals surface area contributed by atoms with Crippen molar-refractivity contribution < 1.29 is 22.9 Å². The van der Waals surface area contributed by atoms with E-state index in [2.05, 4.69) is 0 Å². The van der Waals surface area contributed by atoms with E-state index >= 15 is 0 Å². The fourth-order valence-electron chi connectivity index (χ4n) is 1.75. The summed E-state index contributed by atoms with van der Waals surface area (Å²) in [6.07, 6.45) is -4.04. The largest absolute Gasteiger partial charge is 0.416 e. The van der Waals surface area contributed by atoms with E-state index < -0.39 is 17.3 Å². The van der Waals surface area contributed by atoms with Crippen LogP contribution in [0.4, 0.5) is 13.2 Å². The van der Waals surface area contributed by atoms with Crippen molar-refractivity contribution in [3.8, 4) is 0 Å². The first-order chi connectivity index (χ1) is 9.49. The fraction of sp³-hybridized carbons (Fsp3) is 0.625. The minimum absolute atomic E-state index is 0.334. The Morgan fingerprint density at radius 3 is 1.90 bits per heavy atom. The van der Waals surface area contributed by atoms with Crippen molar-refractivity contribution in [2.45, 2.75) is 58.9 Å². The van der Waals surface area contributed by atoms with Crippen LogP contribution < -0.4 is 0 Å². The van der Waals surface area contributed by atoms with Crippen molar-refractivity contribution in [2.24, 2.45) is 5.92 Å². The summed E-state index contributed by atoms with van der Waals surface area (Å²) in [5, 5.41) is 0. The third-order valence-electron chi connectivity index (χ3n) is 2.71. The number of halogens is 3. The van der Waals surface area contributed by atoms with Crippen molar-refractivity contribution in [2.75, 3.05) is 0 Å². The van der Waals surface area contributed by atoms with E-state index in [4.69, 9.17) is 9.78 Å². The summed E-state index contributed by atoms with van der Waals surface area (Å²) < 4.78 is 37.7. The van der Waals surface area contributed by atoms with Crippen LogP contribution in [-0.2, 0) is 16.0 Å². The van der Waals surface area contributed by atoms with Gasteiger partial charge in [0.1, 0.15) is 6.10 Å². The van der Waals surface area contributed by atoms with Gasteiger partial charge in [-0.05, 0) is 50.8 Å². The lowest BCUT2D eigenvalue weighted by molar-refractivity contribution is -0.377. The van der Waals surface area contributed by atoms with Crippen LogP contribution >= 0.6 is 0 Å². The Hall–Kier alpha value is -1.07. The summed E-state index contributed by atoms with van der Waals surface area (Å²) in [6, 6.07) is 5.04. The summed E-state index contributed by atoms with van der Waals surface area (Å²) in [5.74, 6) is 0.334. The summed E-state index contributed by atoms with van der Waals surface area (Å²) in [4.78, 5) is 10.8. The third-order valence-corrected chi connectivity index (χ3v) is 2.71. The maximum Gasteiger partial charge on any atom is 0.416 e. The van der Waals surface area contributed by atoms with Crippen LogP contribution in [-0.4, -0.2) is 5.60 Å². The minimum atomic E-state index is -4.32. The highest BCUT2D eigenvalue weighted by Gasteiger charge is 2.30. The molecule has 1 unspecified atom stereocenters. The van der Waals surface area contributed by atoms with Crippen molar-refractivity contribution in [1.82, 2.24) is 0 Å². The van der Waals surface area contributed by atoms with Gasteiger partial charge in [-0.25, -0.2) is 9.78 Å². The molecule has 0 N–H and O–H groups in total. The molecule has 5 heteroatoms. The molecule has 0 amide bonds. The lowest BCUT2D eigenvalue weighted by Gasteiger charge is -2.25. The van der Waals surface area contributed by atoms with Gasteiger partial charge in [0.05, 0.1) is 11.2 Å². The number of hydrogen-bond donors (Lipinski definition) is 0. The van der Waals surface area contributed by atoms with Crippen LogP contribution in [0.1, 0.15) is 58.3 Å². The molecule has 2 nitrogen and oxygen atoms in total. The highest BCUT2D eigenvalue weighted by Crippen LogP contribution is 2.32. The van der Waals surface area contributed by atoms with Crippen molar-refractivity contribution >= 4 is 0 Å². The number of hydrogen-bond acceptors (Lipinski definition) is 2. The lowest BCUT2D eigenvalue weighted by Crippen LogP contribution is -2.22. The van der Waals surface area contributed by atoms with Crippen LogP contribution in [0.15, 0.2) is 24.3 Å². The van der Waals surface area contributed by atoms with E-state index in [1.807, 2.05) is 34.6 Å².